The highest BCUT2D eigenvalue weighted by molar-refractivity contribution is 6.30. The molecule has 0 saturated heterocycles. The number of amides is 1. The van der Waals surface area contributed by atoms with Crippen molar-refractivity contribution in [2.75, 3.05) is 21.2 Å². The lowest BCUT2D eigenvalue weighted by Crippen LogP contribution is -2.52. The summed E-state index contributed by atoms with van der Waals surface area (Å²) in [7, 11) is 4.66. The summed E-state index contributed by atoms with van der Waals surface area (Å²) < 4.78 is 7.10. The normalized spacial score (nSPS) is 12.8. The zero-order valence-electron chi connectivity index (χ0n) is 23.0. The third kappa shape index (κ3) is 5.61. The predicted molar refractivity (Wildman–Crippen MR) is 151 cm³/mol. The number of hydrogen-bond donors (Lipinski definition) is 2. The topological polar surface area (TPSA) is 145 Å². The Hall–Kier alpha value is -4.09. The average Bonchev–Trinajstić information content (AvgIpc) is 3.59. The summed E-state index contributed by atoms with van der Waals surface area (Å²) in [6.45, 7) is 2.46. The van der Waals surface area contributed by atoms with Crippen LogP contribution in [0.4, 0.5) is 0 Å². The number of carbonyl (C=O) groups is 2. The lowest BCUT2D eigenvalue weighted by Gasteiger charge is -2.37. The molecule has 0 aliphatic rings. The number of nitrogens with one attached hydrogen (secondary N) is 1. The molecule has 0 saturated carbocycles. The van der Waals surface area contributed by atoms with Crippen LogP contribution >= 0.6 is 11.6 Å². The van der Waals surface area contributed by atoms with Gasteiger partial charge in [0.2, 0.25) is 11.7 Å². The van der Waals surface area contributed by atoms with Crippen molar-refractivity contribution in [3.63, 3.8) is 0 Å². The van der Waals surface area contributed by atoms with Crippen molar-refractivity contribution < 1.29 is 14.3 Å². The van der Waals surface area contributed by atoms with Gasteiger partial charge in [-0.3, -0.25) is 9.69 Å². The molecule has 40 heavy (non-hydrogen) atoms. The first-order valence-electron chi connectivity index (χ1n) is 12.9. The number of primary amides is 1. The first-order valence-corrected chi connectivity index (χ1v) is 13.3. The smallest absolute Gasteiger partial charge is 0.333 e. The third-order valence-electron chi connectivity index (χ3n) is 6.99. The van der Waals surface area contributed by atoms with E-state index in [2.05, 4.69) is 32.5 Å². The van der Waals surface area contributed by atoms with Crippen molar-refractivity contribution in [3.8, 4) is 22.5 Å². The van der Waals surface area contributed by atoms with E-state index in [0.717, 1.165) is 35.1 Å². The average molecular weight is 565 g/mol. The van der Waals surface area contributed by atoms with Crippen LogP contribution in [0.5, 0.6) is 0 Å². The number of tetrazole rings is 1. The van der Waals surface area contributed by atoms with Gasteiger partial charge in [0.25, 0.3) is 0 Å². The largest absolute Gasteiger partial charge is 0.467 e. The monoisotopic (exact) mass is 564 g/mol. The lowest BCUT2D eigenvalue weighted by atomic mass is 9.89. The molecule has 0 bridgehead atoms. The van der Waals surface area contributed by atoms with Crippen molar-refractivity contribution in [3.05, 3.63) is 70.8 Å². The summed E-state index contributed by atoms with van der Waals surface area (Å²) >= 11 is 6.74. The lowest BCUT2D eigenvalue weighted by molar-refractivity contribution is -0.157. The third-order valence-corrected chi connectivity index (χ3v) is 7.25. The van der Waals surface area contributed by atoms with Crippen LogP contribution in [0, 0.1) is 0 Å². The fraction of sp³-hybridized carbons (Fsp3) is 0.357. The fourth-order valence-electron chi connectivity index (χ4n) is 4.96. The first-order chi connectivity index (χ1) is 19.2. The minimum Gasteiger partial charge on any atom is -0.467 e. The summed E-state index contributed by atoms with van der Waals surface area (Å²) in [4.78, 5) is 31.8. The quantitative estimate of drug-likeness (QED) is 0.248. The molecule has 11 nitrogen and oxygen atoms in total. The highest BCUT2D eigenvalue weighted by atomic mass is 35.5. The Bertz CT molecular complexity index is 1470. The van der Waals surface area contributed by atoms with Crippen molar-refractivity contribution >= 4 is 23.5 Å². The van der Waals surface area contributed by atoms with E-state index in [1.54, 1.807) is 19.0 Å². The van der Waals surface area contributed by atoms with Crippen molar-refractivity contribution in [2.24, 2.45) is 5.73 Å². The van der Waals surface area contributed by atoms with E-state index in [1.807, 2.05) is 53.1 Å². The molecular formula is C28H33ClN8O3. The number of hydrogen-bond acceptors (Lipinski definition) is 8. The molecule has 4 rings (SSSR count). The number of nitrogens with two attached hydrogens (primary N) is 1. The zero-order chi connectivity index (χ0) is 28.9. The second-order valence-corrected chi connectivity index (χ2v) is 10.1. The molecule has 1 amide bonds. The molecule has 0 unspecified atom stereocenters. The molecule has 0 aliphatic carbocycles. The molecule has 0 aliphatic heterocycles. The molecular weight excluding hydrogens is 532 g/mol. The maximum atomic E-state index is 13.3. The van der Waals surface area contributed by atoms with Crippen LogP contribution in [0.2, 0.25) is 5.15 Å². The summed E-state index contributed by atoms with van der Waals surface area (Å²) in [5.41, 5.74) is 8.21. The van der Waals surface area contributed by atoms with Gasteiger partial charge < -0.3 is 15.0 Å². The SMILES string of the molecule is CCCCc1nc(Cl)c([C@@](CC(N)=O)(C(=O)OC)N(C)C)n1Cc1ccc(-c2ccccc2-c2nn[nH]n2)cc1. The van der Waals surface area contributed by atoms with Gasteiger partial charge in [0, 0.05) is 18.5 Å². The van der Waals surface area contributed by atoms with E-state index in [-0.39, 0.29) is 11.6 Å². The number of rotatable bonds is 12. The number of aromatic amines is 1. The van der Waals surface area contributed by atoms with E-state index in [1.165, 1.54) is 7.11 Å². The molecule has 4 aromatic rings. The Morgan fingerprint density at radius 3 is 2.40 bits per heavy atom. The van der Waals surface area contributed by atoms with Crippen molar-refractivity contribution in [1.29, 1.82) is 0 Å². The number of aryl methyl sites for hydroxylation is 1. The van der Waals surface area contributed by atoms with Gasteiger partial charge in [-0.2, -0.15) is 5.21 Å². The zero-order valence-corrected chi connectivity index (χ0v) is 23.8. The van der Waals surface area contributed by atoms with E-state index < -0.39 is 17.4 Å². The molecule has 12 heteroatoms. The number of aromatic nitrogens is 6. The van der Waals surface area contributed by atoms with Crippen LogP contribution in [0.3, 0.4) is 0 Å². The van der Waals surface area contributed by atoms with Crippen LogP contribution < -0.4 is 5.73 Å². The van der Waals surface area contributed by atoms with Crippen LogP contribution in [0.15, 0.2) is 48.5 Å². The van der Waals surface area contributed by atoms with Gasteiger partial charge in [-0.1, -0.05) is 73.5 Å². The molecule has 1 atom stereocenters. The van der Waals surface area contributed by atoms with Crippen LogP contribution in [-0.4, -0.2) is 68.2 Å². The molecule has 2 aromatic carbocycles. The van der Waals surface area contributed by atoms with Gasteiger partial charge >= 0.3 is 5.97 Å². The number of halogens is 1. The van der Waals surface area contributed by atoms with Crippen molar-refractivity contribution in [1.82, 2.24) is 35.1 Å². The summed E-state index contributed by atoms with van der Waals surface area (Å²) in [6, 6.07) is 15.9. The van der Waals surface area contributed by atoms with Gasteiger partial charge in [-0.05, 0) is 42.4 Å². The molecule has 2 aromatic heterocycles. The second-order valence-electron chi connectivity index (χ2n) is 9.72. The van der Waals surface area contributed by atoms with E-state index >= 15 is 0 Å². The highest BCUT2D eigenvalue weighted by Crippen LogP contribution is 2.38. The summed E-state index contributed by atoms with van der Waals surface area (Å²) in [6.07, 6.45) is 2.15. The Labute approximate surface area is 237 Å². The van der Waals surface area contributed by atoms with Gasteiger partial charge in [-0.15, -0.1) is 10.2 Å². The van der Waals surface area contributed by atoms with Crippen LogP contribution in [-0.2, 0) is 32.8 Å². The number of benzene rings is 2. The molecule has 210 valence electrons. The van der Waals surface area contributed by atoms with Gasteiger partial charge in [-0.25, -0.2) is 9.78 Å². The summed E-state index contributed by atoms with van der Waals surface area (Å²) in [5, 5.41) is 14.6. The minimum atomic E-state index is -1.56. The number of unbranched alkanes of at least 4 members (excludes halogenated alkanes) is 1. The molecule has 0 spiro atoms. The maximum absolute atomic E-state index is 13.3. The standard InChI is InChI=1S/C28H33ClN8O3/c1-5-6-11-23-31-25(29)24(28(36(2)3,16-22(30)38)27(39)40-4)37(23)17-18-12-14-19(15-13-18)20-9-7-8-10-21(20)26-32-34-35-33-26/h7-10,12-15H,5-6,11,16-17H2,1-4H3,(H2,30,38)(H,32,33,34,35)/t28-/m0/s1. The first kappa shape index (κ1) is 28.9. The Morgan fingerprint density at radius 1 is 1.12 bits per heavy atom. The molecule has 2 heterocycles. The number of likely N-dealkylation sites (N-methyl/N-ethyl adjacent to an activating group) is 1. The van der Waals surface area contributed by atoms with Crippen LogP contribution in [0.1, 0.15) is 43.3 Å². The number of imidazole rings is 1. The van der Waals surface area contributed by atoms with Gasteiger partial charge in [0.05, 0.1) is 19.2 Å². The number of esters is 1. The second kappa shape index (κ2) is 12.4. The fourth-order valence-corrected chi connectivity index (χ4v) is 5.32. The Kier molecular flexibility index (Phi) is 8.96. The van der Waals surface area contributed by atoms with Crippen molar-refractivity contribution in [2.45, 2.75) is 44.7 Å². The number of nitrogens with zero attached hydrogens (tertiary/aromatic N) is 6. The number of methoxy groups -OCH3 is 1. The minimum absolute atomic E-state index is 0.136. The highest BCUT2D eigenvalue weighted by Gasteiger charge is 2.50. The number of H-pyrrole nitrogens is 1. The number of ether oxygens (including phenoxy) is 1. The molecule has 3 N–H and O–H groups in total. The van der Waals surface area contributed by atoms with E-state index in [9.17, 15) is 9.59 Å². The Balaban J connectivity index is 1.79. The number of carbonyl (C=O) groups excluding carboxylic acids is 2. The van der Waals surface area contributed by atoms with E-state index in [0.29, 0.717) is 30.3 Å². The van der Waals surface area contributed by atoms with Gasteiger partial charge in [0.15, 0.2) is 10.7 Å². The maximum Gasteiger partial charge on any atom is 0.333 e. The van der Waals surface area contributed by atoms with Crippen LogP contribution in [0.25, 0.3) is 22.5 Å². The van der Waals surface area contributed by atoms with Gasteiger partial charge in [0.1, 0.15) is 5.82 Å². The molecule has 0 fully saturated rings. The predicted octanol–water partition coefficient (Wildman–Crippen LogP) is 3.58. The molecule has 0 radical (unpaired) electrons. The summed E-state index contributed by atoms with van der Waals surface area (Å²) in [5.74, 6) is -0.0827. The van der Waals surface area contributed by atoms with E-state index in [4.69, 9.17) is 22.1 Å². The Morgan fingerprint density at radius 2 is 1.82 bits per heavy atom.